The van der Waals surface area contributed by atoms with Gasteiger partial charge in [0.25, 0.3) is 0 Å². The second-order valence-electron chi connectivity index (χ2n) is 6.90. The monoisotopic (exact) mass is 390 g/mol. The quantitative estimate of drug-likeness (QED) is 0.581. The third-order valence-electron chi connectivity index (χ3n) is 4.49. The molecule has 0 bridgehead atoms. The highest BCUT2D eigenvalue weighted by Crippen LogP contribution is 2.37. The fraction of sp³-hybridized carbons (Fsp3) is 0.167. The zero-order valence-electron chi connectivity index (χ0n) is 16.3. The van der Waals surface area contributed by atoms with Gasteiger partial charge in [-0.2, -0.15) is 0 Å². The van der Waals surface area contributed by atoms with Crippen LogP contribution in [-0.2, 0) is 11.3 Å². The molecule has 3 aromatic rings. The van der Waals surface area contributed by atoms with Gasteiger partial charge in [-0.3, -0.25) is 9.59 Å². The van der Waals surface area contributed by atoms with Crippen LogP contribution in [0.15, 0.2) is 66.7 Å². The van der Waals surface area contributed by atoms with Gasteiger partial charge in [0, 0.05) is 11.1 Å². The van der Waals surface area contributed by atoms with E-state index in [1.54, 1.807) is 60.7 Å². The minimum Gasteiger partial charge on any atom is -0.507 e. The molecule has 0 amide bonds. The van der Waals surface area contributed by atoms with E-state index in [4.69, 9.17) is 4.74 Å². The average molecular weight is 390 g/mol. The Hall–Kier alpha value is -3.44. The van der Waals surface area contributed by atoms with Crippen molar-refractivity contribution in [1.29, 1.82) is 0 Å². The Morgan fingerprint density at radius 2 is 1.21 bits per heavy atom. The third kappa shape index (κ3) is 4.36. The van der Waals surface area contributed by atoms with Gasteiger partial charge in [0.2, 0.25) is 0 Å². The van der Waals surface area contributed by atoms with E-state index in [1.165, 1.54) is 6.07 Å². The van der Waals surface area contributed by atoms with Gasteiger partial charge in [0.1, 0.15) is 11.5 Å². The molecule has 0 heterocycles. The molecule has 148 valence electrons. The first-order chi connectivity index (χ1) is 13.9. The number of aromatic hydroxyl groups is 2. The van der Waals surface area contributed by atoms with Gasteiger partial charge in [-0.15, -0.1) is 0 Å². The van der Waals surface area contributed by atoms with Crippen LogP contribution in [0.3, 0.4) is 0 Å². The van der Waals surface area contributed by atoms with Crippen molar-refractivity contribution >= 4 is 11.6 Å². The van der Waals surface area contributed by atoms with Gasteiger partial charge in [-0.05, 0) is 19.9 Å². The molecule has 0 aromatic heterocycles. The Kier molecular flexibility index (Phi) is 6.10. The number of carbonyl (C=O) groups is 2. The van der Waals surface area contributed by atoms with Crippen LogP contribution in [0, 0.1) is 0 Å². The average Bonchev–Trinajstić information content (AvgIpc) is 2.74. The standard InChI is InChI=1S/C24H22O5/c1-15(2)29-14-20-23(27)18(21(25)16-9-5-3-6-10-16)13-19(24(20)28)22(26)17-11-7-4-8-12-17/h3-13,15,27-28H,14H2,1-2H3. The van der Waals surface area contributed by atoms with Crippen LogP contribution in [0.4, 0.5) is 0 Å². The van der Waals surface area contributed by atoms with Crippen LogP contribution in [0.25, 0.3) is 0 Å². The SMILES string of the molecule is CC(C)OCc1c(O)c(C(=O)c2ccccc2)cc(C(=O)c2ccccc2)c1O. The van der Waals surface area contributed by atoms with E-state index in [0.29, 0.717) is 11.1 Å². The molecule has 2 N–H and O–H groups in total. The zero-order chi connectivity index (χ0) is 21.0. The molecule has 0 aliphatic heterocycles. The number of hydrogen-bond acceptors (Lipinski definition) is 5. The van der Waals surface area contributed by atoms with Gasteiger partial charge in [-0.1, -0.05) is 60.7 Å². The summed E-state index contributed by atoms with van der Waals surface area (Å²) in [6, 6.07) is 18.1. The predicted octanol–water partition coefficient (Wildman–Crippen LogP) is 4.48. The van der Waals surface area contributed by atoms with E-state index in [9.17, 15) is 19.8 Å². The number of hydrogen-bond donors (Lipinski definition) is 2. The summed E-state index contributed by atoms with van der Waals surface area (Å²) < 4.78 is 5.53. The molecular formula is C24H22O5. The second-order valence-corrected chi connectivity index (χ2v) is 6.90. The van der Waals surface area contributed by atoms with Crippen molar-refractivity contribution in [2.75, 3.05) is 0 Å². The van der Waals surface area contributed by atoms with Gasteiger partial charge in [0.05, 0.1) is 29.4 Å². The first-order valence-corrected chi connectivity index (χ1v) is 9.29. The lowest BCUT2D eigenvalue weighted by Gasteiger charge is -2.16. The van der Waals surface area contributed by atoms with Crippen molar-refractivity contribution < 1.29 is 24.5 Å². The lowest BCUT2D eigenvalue weighted by molar-refractivity contribution is 0.0631. The van der Waals surface area contributed by atoms with E-state index < -0.39 is 11.6 Å². The molecule has 3 rings (SSSR count). The normalized spacial score (nSPS) is 10.9. The molecule has 5 nitrogen and oxygen atoms in total. The fourth-order valence-electron chi connectivity index (χ4n) is 2.94. The molecule has 29 heavy (non-hydrogen) atoms. The molecule has 0 aliphatic carbocycles. The van der Waals surface area contributed by atoms with E-state index in [0.717, 1.165) is 0 Å². The highest BCUT2D eigenvalue weighted by molar-refractivity contribution is 6.15. The topological polar surface area (TPSA) is 83.8 Å². The van der Waals surface area contributed by atoms with E-state index in [1.807, 2.05) is 13.8 Å². The summed E-state index contributed by atoms with van der Waals surface area (Å²) in [4.78, 5) is 26.0. The first-order valence-electron chi connectivity index (χ1n) is 9.29. The van der Waals surface area contributed by atoms with Crippen LogP contribution in [0.1, 0.15) is 51.3 Å². The van der Waals surface area contributed by atoms with E-state index in [-0.39, 0.29) is 40.9 Å². The van der Waals surface area contributed by atoms with Crippen LogP contribution >= 0.6 is 0 Å². The number of phenols is 2. The lowest BCUT2D eigenvalue weighted by atomic mass is 9.93. The van der Waals surface area contributed by atoms with Gasteiger partial charge >= 0.3 is 0 Å². The van der Waals surface area contributed by atoms with Crippen molar-refractivity contribution in [2.24, 2.45) is 0 Å². The zero-order valence-corrected chi connectivity index (χ0v) is 16.3. The Morgan fingerprint density at radius 1 is 0.793 bits per heavy atom. The van der Waals surface area contributed by atoms with Crippen LogP contribution in [0.5, 0.6) is 11.5 Å². The minimum absolute atomic E-state index is 0.0137. The van der Waals surface area contributed by atoms with Crippen molar-refractivity contribution in [2.45, 2.75) is 26.6 Å². The minimum atomic E-state index is -0.448. The third-order valence-corrected chi connectivity index (χ3v) is 4.49. The second kappa shape index (κ2) is 8.71. The first kappa shape index (κ1) is 20.3. The highest BCUT2D eigenvalue weighted by Gasteiger charge is 2.26. The Bertz CT molecular complexity index is 948. The van der Waals surface area contributed by atoms with Gasteiger partial charge < -0.3 is 14.9 Å². The van der Waals surface area contributed by atoms with Crippen LogP contribution in [0.2, 0.25) is 0 Å². The summed E-state index contributed by atoms with van der Waals surface area (Å²) in [5, 5.41) is 21.4. The molecule has 0 saturated carbocycles. The van der Waals surface area contributed by atoms with Crippen molar-refractivity contribution in [1.82, 2.24) is 0 Å². The Morgan fingerprint density at radius 3 is 1.59 bits per heavy atom. The predicted molar refractivity (Wildman–Crippen MR) is 109 cm³/mol. The van der Waals surface area contributed by atoms with Crippen molar-refractivity contribution in [3.63, 3.8) is 0 Å². The number of phenolic OH excluding ortho intramolecular Hbond substituents is 2. The summed E-state index contributed by atoms with van der Waals surface area (Å²) in [6.45, 7) is 3.48. The Balaban J connectivity index is 2.16. The van der Waals surface area contributed by atoms with Crippen molar-refractivity contribution in [3.05, 3.63) is 94.5 Å². The Labute approximate surface area is 169 Å². The van der Waals surface area contributed by atoms with Crippen LogP contribution in [-0.4, -0.2) is 27.9 Å². The van der Waals surface area contributed by atoms with Crippen LogP contribution < -0.4 is 0 Å². The number of carbonyl (C=O) groups excluding carboxylic acids is 2. The number of ether oxygens (including phenoxy) is 1. The molecule has 0 atom stereocenters. The summed E-state index contributed by atoms with van der Waals surface area (Å²) in [7, 11) is 0. The largest absolute Gasteiger partial charge is 0.507 e. The molecule has 0 aliphatic rings. The lowest BCUT2D eigenvalue weighted by Crippen LogP contribution is -2.11. The van der Waals surface area contributed by atoms with Crippen molar-refractivity contribution in [3.8, 4) is 11.5 Å². The molecule has 5 heteroatoms. The maximum Gasteiger partial charge on any atom is 0.196 e. The summed E-state index contributed by atoms with van der Waals surface area (Å²) in [5.74, 6) is -1.67. The highest BCUT2D eigenvalue weighted by atomic mass is 16.5. The van der Waals surface area contributed by atoms with Gasteiger partial charge in [-0.25, -0.2) is 0 Å². The molecule has 0 fully saturated rings. The molecule has 0 spiro atoms. The maximum absolute atomic E-state index is 13.0. The van der Waals surface area contributed by atoms with Gasteiger partial charge in [0.15, 0.2) is 11.6 Å². The van der Waals surface area contributed by atoms with E-state index >= 15 is 0 Å². The summed E-state index contributed by atoms with van der Waals surface area (Å²) >= 11 is 0. The molecule has 0 radical (unpaired) electrons. The smallest absolute Gasteiger partial charge is 0.196 e. The number of ketones is 2. The number of benzene rings is 3. The maximum atomic E-state index is 13.0. The molecule has 3 aromatic carbocycles. The summed E-state index contributed by atoms with van der Waals surface area (Å²) in [5.41, 5.74) is 0.621. The summed E-state index contributed by atoms with van der Waals surface area (Å²) in [6.07, 6.45) is -0.171. The molecule has 0 unspecified atom stereocenters. The molecular weight excluding hydrogens is 368 g/mol. The van der Waals surface area contributed by atoms with E-state index in [2.05, 4.69) is 0 Å². The number of rotatable bonds is 7. The molecule has 0 saturated heterocycles. The fourth-order valence-corrected chi connectivity index (χ4v) is 2.94.